The fraction of sp³-hybridized carbons (Fsp3) is 0.345. The van der Waals surface area contributed by atoms with Crippen LogP contribution in [0.25, 0.3) is 0 Å². The minimum Gasteiger partial charge on any atom is -0.504 e. The SMILES string of the molecule is COc1ccc(CNC(=O)c2ccc(CNC3CCN(Cc4ccc(OC)c(O)c4)CC3)cc2)cc1. The number of ether oxygens (including phenoxy) is 2. The molecule has 3 aromatic rings. The number of likely N-dealkylation sites (tertiary alicyclic amines) is 1. The van der Waals surface area contributed by atoms with Crippen LogP contribution in [-0.2, 0) is 19.6 Å². The van der Waals surface area contributed by atoms with E-state index in [2.05, 4.69) is 15.5 Å². The number of phenols is 1. The first-order chi connectivity index (χ1) is 17.5. The molecule has 1 heterocycles. The van der Waals surface area contributed by atoms with Gasteiger partial charge in [-0.2, -0.15) is 0 Å². The molecule has 0 aliphatic carbocycles. The minimum absolute atomic E-state index is 0.0807. The Hall–Kier alpha value is -3.55. The molecule has 0 aromatic heterocycles. The Bertz CT molecular complexity index is 1120. The number of phenolic OH excluding ortho intramolecular Hbond substituents is 1. The van der Waals surface area contributed by atoms with E-state index in [0.717, 1.165) is 61.5 Å². The molecule has 7 heteroatoms. The minimum atomic E-state index is -0.0807. The van der Waals surface area contributed by atoms with Gasteiger partial charge in [-0.3, -0.25) is 9.69 Å². The normalized spacial score (nSPS) is 14.4. The van der Waals surface area contributed by atoms with Gasteiger partial charge in [0.1, 0.15) is 5.75 Å². The van der Waals surface area contributed by atoms with Gasteiger partial charge in [-0.1, -0.05) is 30.3 Å². The van der Waals surface area contributed by atoms with E-state index in [0.29, 0.717) is 23.9 Å². The van der Waals surface area contributed by atoms with Crippen molar-refractivity contribution in [2.24, 2.45) is 0 Å². The van der Waals surface area contributed by atoms with Gasteiger partial charge in [0.05, 0.1) is 14.2 Å². The summed E-state index contributed by atoms with van der Waals surface area (Å²) in [6.45, 7) is 4.11. The number of amides is 1. The van der Waals surface area contributed by atoms with E-state index in [1.54, 1.807) is 20.3 Å². The summed E-state index contributed by atoms with van der Waals surface area (Å²) >= 11 is 0. The zero-order valence-corrected chi connectivity index (χ0v) is 21.0. The van der Waals surface area contributed by atoms with Crippen LogP contribution in [0.3, 0.4) is 0 Å². The highest BCUT2D eigenvalue weighted by atomic mass is 16.5. The van der Waals surface area contributed by atoms with Crippen LogP contribution < -0.4 is 20.1 Å². The number of nitrogens with zero attached hydrogens (tertiary/aromatic N) is 1. The highest BCUT2D eigenvalue weighted by Gasteiger charge is 2.19. The summed E-state index contributed by atoms with van der Waals surface area (Å²) in [5, 5.41) is 16.6. The number of hydrogen-bond donors (Lipinski definition) is 3. The molecule has 36 heavy (non-hydrogen) atoms. The molecule has 190 valence electrons. The number of benzene rings is 3. The lowest BCUT2D eigenvalue weighted by Crippen LogP contribution is -2.41. The van der Waals surface area contributed by atoms with Crippen molar-refractivity contribution in [2.45, 2.75) is 38.5 Å². The topological polar surface area (TPSA) is 83.1 Å². The van der Waals surface area contributed by atoms with Crippen LogP contribution in [-0.4, -0.2) is 49.3 Å². The highest BCUT2D eigenvalue weighted by molar-refractivity contribution is 5.94. The third-order valence-electron chi connectivity index (χ3n) is 6.66. The maximum atomic E-state index is 12.5. The summed E-state index contributed by atoms with van der Waals surface area (Å²) in [5.41, 5.74) is 3.94. The van der Waals surface area contributed by atoms with Gasteiger partial charge in [-0.15, -0.1) is 0 Å². The molecule has 1 saturated heterocycles. The standard InChI is InChI=1S/C29H35N3O4/c1-35-26-10-5-22(6-11-26)19-31-29(34)24-8-3-21(4-9-24)18-30-25-13-15-32(16-14-25)20-23-7-12-28(36-2)27(33)17-23/h3-12,17,25,30,33H,13-16,18-20H2,1-2H3,(H,31,34). The lowest BCUT2D eigenvalue weighted by Gasteiger charge is -2.32. The maximum Gasteiger partial charge on any atom is 0.251 e. The van der Waals surface area contributed by atoms with Crippen LogP contribution in [0.15, 0.2) is 66.7 Å². The number of aromatic hydroxyl groups is 1. The van der Waals surface area contributed by atoms with Crippen molar-refractivity contribution in [3.05, 3.63) is 89.0 Å². The zero-order chi connectivity index (χ0) is 25.3. The smallest absolute Gasteiger partial charge is 0.251 e. The van der Waals surface area contributed by atoms with E-state index in [1.807, 2.05) is 60.7 Å². The third kappa shape index (κ3) is 6.99. The molecule has 0 bridgehead atoms. The van der Waals surface area contributed by atoms with Gasteiger partial charge in [0.2, 0.25) is 0 Å². The van der Waals surface area contributed by atoms with E-state index in [-0.39, 0.29) is 11.7 Å². The van der Waals surface area contributed by atoms with Gasteiger partial charge in [0, 0.05) is 31.2 Å². The summed E-state index contributed by atoms with van der Waals surface area (Å²) in [7, 11) is 3.19. The van der Waals surface area contributed by atoms with Crippen molar-refractivity contribution in [1.29, 1.82) is 0 Å². The van der Waals surface area contributed by atoms with Crippen molar-refractivity contribution in [3.8, 4) is 17.2 Å². The van der Waals surface area contributed by atoms with Crippen LogP contribution in [0.1, 0.15) is 39.9 Å². The Morgan fingerprint density at radius 3 is 2.17 bits per heavy atom. The van der Waals surface area contributed by atoms with E-state index >= 15 is 0 Å². The average Bonchev–Trinajstić information content (AvgIpc) is 2.92. The molecular weight excluding hydrogens is 454 g/mol. The molecule has 3 aromatic carbocycles. The Morgan fingerprint density at radius 1 is 0.889 bits per heavy atom. The molecule has 0 atom stereocenters. The number of methoxy groups -OCH3 is 2. The fourth-order valence-electron chi connectivity index (χ4n) is 4.45. The monoisotopic (exact) mass is 489 g/mol. The summed E-state index contributed by atoms with van der Waals surface area (Å²) in [6.07, 6.45) is 2.15. The van der Waals surface area contributed by atoms with Crippen LogP contribution in [0.5, 0.6) is 17.2 Å². The first kappa shape index (κ1) is 25.5. The quantitative estimate of drug-likeness (QED) is 0.398. The number of hydrogen-bond acceptors (Lipinski definition) is 6. The largest absolute Gasteiger partial charge is 0.504 e. The molecule has 1 amide bonds. The van der Waals surface area contributed by atoms with Crippen LogP contribution in [0.4, 0.5) is 0 Å². The summed E-state index contributed by atoms with van der Waals surface area (Å²) in [5.74, 6) is 1.41. The van der Waals surface area contributed by atoms with Gasteiger partial charge in [-0.25, -0.2) is 0 Å². The van der Waals surface area contributed by atoms with Crippen LogP contribution >= 0.6 is 0 Å². The number of carbonyl (C=O) groups excluding carboxylic acids is 1. The molecule has 7 nitrogen and oxygen atoms in total. The molecule has 1 aliphatic heterocycles. The van der Waals surface area contributed by atoms with Gasteiger partial charge >= 0.3 is 0 Å². The average molecular weight is 490 g/mol. The van der Waals surface area contributed by atoms with Crippen molar-refractivity contribution in [2.75, 3.05) is 27.3 Å². The predicted molar refractivity (Wildman–Crippen MR) is 140 cm³/mol. The fourth-order valence-corrected chi connectivity index (χ4v) is 4.45. The highest BCUT2D eigenvalue weighted by Crippen LogP contribution is 2.27. The Balaban J connectivity index is 1.17. The van der Waals surface area contributed by atoms with E-state index in [4.69, 9.17) is 9.47 Å². The van der Waals surface area contributed by atoms with Crippen molar-refractivity contribution < 1.29 is 19.4 Å². The van der Waals surface area contributed by atoms with Crippen molar-refractivity contribution in [1.82, 2.24) is 15.5 Å². The number of piperidine rings is 1. The van der Waals surface area contributed by atoms with Gasteiger partial charge in [-0.05, 0) is 79.0 Å². The molecule has 0 saturated carbocycles. The molecule has 0 spiro atoms. The number of rotatable bonds is 10. The molecule has 0 unspecified atom stereocenters. The van der Waals surface area contributed by atoms with Crippen molar-refractivity contribution in [3.63, 3.8) is 0 Å². The van der Waals surface area contributed by atoms with Crippen molar-refractivity contribution >= 4 is 5.91 Å². The van der Waals surface area contributed by atoms with E-state index in [1.165, 1.54) is 0 Å². The van der Waals surface area contributed by atoms with E-state index in [9.17, 15) is 9.90 Å². The lowest BCUT2D eigenvalue weighted by molar-refractivity contribution is 0.0951. The maximum absolute atomic E-state index is 12.5. The summed E-state index contributed by atoms with van der Waals surface area (Å²) < 4.78 is 10.3. The second-order valence-electron chi connectivity index (χ2n) is 9.17. The Kier molecular flexibility index (Phi) is 8.81. The third-order valence-corrected chi connectivity index (χ3v) is 6.66. The Morgan fingerprint density at radius 2 is 1.53 bits per heavy atom. The van der Waals surface area contributed by atoms with Gasteiger partial charge in [0.15, 0.2) is 11.5 Å². The number of carbonyl (C=O) groups is 1. The summed E-state index contributed by atoms with van der Waals surface area (Å²) in [6, 6.07) is 21.5. The first-order valence-electron chi connectivity index (χ1n) is 12.4. The zero-order valence-electron chi connectivity index (χ0n) is 21.0. The van der Waals surface area contributed by atoms with Gasteiger partial charge < -0.3 is 25.2 Å². The molecule has 4 rings (SSSR count). The predicted octanol–water partition coefficient (Wildman–Crippen LogP) is 4.09. The number of nitrogens with one attached hydrogen (secondary N) is 2. The second kappa shape index (κ2) is 12.4. The molecule has 3 N–H and O–H groups in total. The van der Waals surface area contributed by atoms with Crippen LogP contribution in [0.2, 0.25) is 0 Å². The van der Waals surface area contributed by atoms with Crippen LogP contribution in [0, 0.1) is 0 Å². The Labute approximate surface area is 213 Å². The molecule has 1 aliphatic rings. The lowest BCUT2D eigenvalue weighted by atomic mass is 10.0. The molecule has 1 fully saturated rings. The summed E-state index contributed by atoms with van der Waals surface area (Å²) in [4.78, 5) is 14.9. The first-order valence-corrected chi connectivity index (χ1v) is 12.4. The second-order valence-corrected chi connectivity index (χ2v) is 9.17. The molecular formula is C29H35N3O4. The van der Waals surface area contributed by atoms with Gasteiger partial charge in [0.25, 0.3) is 5.91 Å². The van der Waals surface area contributed by atoms with E-state index < -0.39 is 0 Å². The molecule has 0 radical (unpaired) electrons.